The number of nitrogens with zero attached hydrogens (tertiary/aromatic N) is 2. The molecule has 0 aromatic heterocycles. The summed E-state index contributed by atoms with van der Waals surface area (Å²) in [5.74, 6) is 0.367. The lowest BCUT2D eigenvalue weighted by Gasteiger charge is -2.33. The first-order valence-electron chi connectivity index (χ1n) is 11.4. The van der Waals surface area contributed by atoms with Gasteiger partial charge in [-0.05, 0) is 62.3 Å². The third-order valence-corrected chi connectivity index (χ3v) is 6.75. The lowest BCUT2D eigenvalue weighted by atomic mass is 9.82. The van der Waals surface area contributed by atoms with Gasteiger partial charge in [-0.3, -0.25) is 14.5 Å². The number of nitrogens with one attached hydrogen (secondary N) is 1. The summed E-state index contributed by atoms with van der Waals surface area (Å²) >= 11 is 0. The monoisotopic (exact) mass is 415 g/mol. The van der Waals surface area contributed by atoms with Crippen LogP contribution in [-0.2, 0) is 15.0 Å². The number of hydrogen-bond acceptors (Lipinski definition) is 4. The normalized spacial score (nSPS) is 19.9. The van der Waals surface area contributed by atoms with Crippen molar-refractivity contribution < 1.29 is 14.3 Å². The largest absolute Gasteiger partial charge is 0.482 e. The van der Waals surface area contributed by atoms with Crippen molar-refractivity contribution in [1.29, 1.82) is 0 Å². The molecule has 30 heavy (non-hydrogen) atoms. The number of fused-ring (bicyclic) bond motifs is 1. The number of rotatable bonds is 8. The van der Waals surface area contributed by atoms with Gasteiger partial charge in [-0.2, -0.15) is 0 Å². The SMILES string of the molecule is CCC(C)(C)c1ccc2c(c1)N(CC(=O)NCCCN1CCCCC1C)C(=O)CO2. The highest BCUT2D eigenvalue weighted by Crippen LogP contribution is 2.37. The molecule has 1 aromatic rings. The number of likely N-dealkylation sites (tertiary alicyclic amines) is 1. The Morgan fingerprint density at radius 2 is 2.10 bits per heavy atom. The van der Waals surface area contributed by atoms with Gasteiger partial charge >= 0.3 is 0 Å². The highest BCUT2D eigenvalue weighted by Gasteiger charge is 2.29. The molecule has 2 aliphatic rings. The van der Waals surface area contributed by atoms with Crippen LogP contribution in [0.25, 0.3) is 0 Å². The van der Waals surface area contributed by atoms with Gasteiger partial charge in [0.1, 0.15) is 12.3 Å². The topological polar surface area (TPSA) is 61.9 Å². The van der Waals surface area contributed by atoms with Crippen molar-refractivity contribution in [3.63, 3.8) is 0 Å². The average Bonchev–Trinajstić information content (AvgIpc) is 2.74. The Bertz CT molecular complexity index is 762. The third kappa shape index (κ3) is 5.34. The molecule has 1 fully saturated rings. The second-order valence-corrected chi connectivity index (χ2v) is 9.27. The van der Waals surface area contributed by atoms with E-state index in [2.05, 4.69) is 44.0 Å². The van der Waals surface area contributed by atoms with E-state index in [1.807, 2.05) is 12.1 Å². The molecule has 6 heteroatoms. The van der Waals surface area contributed by atoms with Crippen LogP contribution in [0.3, 0.4) is 0 Å². The summed E-state index contributed by atoms with van der Waals surface area (Å²) in [4.78, 5) is 29.1. The third-order valence-electron chi connectivity index (χ3n) is 6.75. The van der Waals surface area contributed by atoms with Gasteiger partial charge in [-0.15, -0.1) is 0 Å². The Morgan fingerprint density at radius 1 is 1.30 bits per heavy atom. The van der Waals surface area contributed by atoms with Crippen LogP contribution in [0.5, 0.6) is 5.75 Å². The minimum atomic E-state index is -0.175. The first-order chi connectivity index (χ1) is 14.3. The fourth-order valence-corrected chi connectivity index (χ4v) is 4.20. The zero-order valence-electron chi connectivity index (χ0n) is 19.0. The van der Waals surface area contributed by atoms with Gasteiger partial charge < -0.3 is 15.0 Å². The summed E-state index contributed by atoms with van der Waals surface area (Å²) in [7, 11) is 0. The Kier molecular flexibility index (Phi) is 7.40. The maximum Gasteiger partial charge on any atom is 0.265 e. The predicted octanol–water partition coefficient (Wildman–Crippen LogP) is 3.48. The van der Waals surface area contributed by atoms with Crippen molar-refractivity contribution in [2.45, 2.75) is 71.3 Å². The van der Waals surface area contributed by atoms with Crippen LogP contribution < -0.4 is 15.0 Å². The standard InChI is InChI=1S/C24H37N3O3/c1-5-24(3,4)19-10-11-21-20(15-19)27(23(29)17-30-21)16-22(28)25-12-8-14-26-13-7-6-9-18(26)2/h10-11,15,18H,5-9,12-14,16-17H2,1-4H3,(H,25,28). The Hall–Kier alpha value is -2.08. The van der Waals surface area contributed by atoms with Crippen LogP contribution in [0.15, 0.2) is 18.2 Å². The van der Waals surface area contributed by atoms with E-state index in [0.29, 0.717) is 24.0 Å². The number of benzene rings is 1. The van der Waals surface area contributed by atoms with Crippen molar-refractivity contribution in [1.82, 2.24) is 10.2 Å². The number of carbonyl (C=O) groups is 2. The quantitative estimate of drug-likeness (QED) is 0.661. The van der Waals surface area contributed by atoms with Gasteiger partial charge in [0.05, 0.1) is 5.69 Å². The molecule has 2 heterocycles. The Labute approximate surface area is 180 Å². The summed E-state index contributed by atoms with van der Waals surface area (Å²) in [6, 6.07) is 6.61. The van der Waals surface area contributed by atoms with Crippen LogP contribution in [0.1, 0.15) is 65.4 Å². The molecule has 1 N–H and O–H groups in total. The van der Waals surface area contributed by atoms with Crippen LogP contribution in [0.4, 0.5) is 5.69 Å². The summed E-state index contributed by atoms with van der Waals surface area (Å²) in [6.07, 6.45) is 5.77. The van der Waals surface area contributed by atoms with Crippen LogP contribution >= 0.6 is 0 Å². The summed E-state index contributed by atoms with van der Waals surface area (Å²) in [6.45, 7) is 11.6. The smallest absolute Gasteiger partial charge is 0.265 e. The highest BCUT2D eigenvalue weighted by molar-refractivity contribution is 6.02. The molecular formula is C24H37N3O3. The first kappa shape index (κ1) is 22.6. The summed E-state index contributed by atoms with van der Waals surface area (Å²) in [5.41, 5.74) is 1.83. The van der Waals surface area contributed by atoms with E-state index in [4.69, 9.17) is 4.74 Å². The van der Waals surface area contributed by atoms with Crippen LogP contribution in [0, 0.1) is 0 Å². The van der Waals surface area contributed by atoms with E-state index in [1.165, 1.54) is 19.3 Å². The lowest BCUT2D eigenvalue weighted by molar-refractivity contribution is -0.125. The number of ether oxygens (including phenoxy) is 1. The van der Waals surface area contributed by atoms with Crippen molar-refractivity contribution in [2.75, 3.05) is 37.7 Å². The Balaban J connectivity index is 1.57. The fourth-order valence-electron chi connectivity index (χ4n) is 4.20. The summed E-state index contributed by atoms with van der Waals surface area (Å²) in [5, 5.41) is 2.99. The number of carbonyl (C=O) groups excluding carboxylic acids is 2. The maximum atomic E-state index is 12.6. The molecular weight excluding hydrogens is 378 g/mol. The van der Waals surface area contributed by atoms with Crippen molar-refractivity contribution in [2.24, 2.45) is 0 Å². The van der Waals surface area contributed by atoms with Crippen molar-refractivity contribution >= 4 is 17.5 Å². The maximum absolute atomic E-state index is 12.6. The highest BCUT2D eigenvalue weighted by atomic mass is 16.5. The zero-order chi connectivity index (χ0) is 21.7. The second-order valence-electron chi connectivity index (χ2n) is 9.27. The molecule has 1 atom stereocenters. The first-order valence-corrected chi connectivity index (χ1v) is 11.4. The molecule has 0 spiro atoms. The number of amides is 2. The second kappa shape index (κ2) is 9.82. The number of piperidine rings is 1. The molecule has 2 aliphatic heterocycles. The van der Waals surface area contributed by atoms with Crippen LogP contribution in [-0.4, -0.2) is 55.5 Å². The fraction of sp³-hybridized carbons (Fsp3) is 0.667. The van der Waals surface area contributed by atoms with Gasteiger partial charge in [0.2, 0.25) is 5.91 Å². The molecule has 0 aliphatic carbocycles. The van der Waals surface area contributed by atoms with E-state index >= 15 is 0 Å². The van der Waals surface area contributed by atoms with E-state index in [9.17, 15) is 9.59 Å². The number of hydrogen-bond donors (Lipinski definition) is 1. The molecule has 0 bridgehead atoms. The average molecular weight is 416 g/mol. The van der Waals surface area contributed by atoms with E-state index in [1.54, 1.807) is 4.90 Å². The molecule has 0 saturated carbocycles. The molecule has 1 aromatic carbocycles. The van der Waals surface area contributed by atoms with Gasteiger partial charge in [0.25, 0.3) is 5.91 Å². The van der Waals surface area contributed by atoms with Crippen molar-refractivity contribution in [3.8, 4) is 5.75 Å². The predicted molar refractivity (Wildman–Crippen MR) is 120 cm³/mol. The zero-order valence-corrected chi connectivity index (χ0v) is 19.0. The van der Waals surface area contributed by atoms with E-state index in [-0.39, 0.29) is 30.4 Å². The molecule has 166 valence electrons. The molecule has 6 nitrogen and oxygen atoms in total. The number of anilines is 1. The van der Waals surface area contributed by atoms with E-state index in [0.717, 1.165) is 31.5 Å². The molecule has 0 radical (unpaired) electrons. The minimum Gasteiger partial charge on any atom is -0.482 e. The van der Waals surface area contributed by atoms with Gasteiger partial charge in [0.15, 0.2) is 6.61 Å². The molecule has 2 amide bonds. The summed E-state index contributed by atoms with van der Waals surface area (Å²) < 4.78 is 5.60. The molecule has 1 saturated heterocycles. The van der Waals surface area contributed by atoms with Crippen molar-refractivity contribution in [3.05, 3.63) is 23.8 Å². The molecule has 1 unspecified atom stereocenters. The van der Waals surface area contributed by atoms with Crippen LogP contribution in [0.2, 0.25) is 0 Å². The van der Waals surface area contributed by atoms with Gasteiger partial charge in [0, 0.05) is 19.1 Å². The minimum absolute atomic E-state index is 0.00492. The lowest BCUT2D eigenvalue weighted by Crippen LogP contribution is -2.45. The molecule has 3 rings (SSSR count). The van der Waals surface area contributed by atoms with Gasteiger partial charge in [-0.25, -0.2) is 0 Å². The van der Waals surface area contributed by atoms with Gasteiger partial charge in [-0.1, -0.05) is 33.3 Å². The van der Waals surface area contributed by atoms with E-state index < -0.39 is 0 Å². The Morgan fingerprint density at radius 3 is 2.83 bits per heavy atom.